The number of piperidine rings is 1. The third kappa shape index (κ3) is 3.75. The first-order valence-corrected chi connectivity index (χ1v) is 10.6. The molecule has 1 aliphatic carbocycles. The number of carbonyl (C=O) groups is 1. The second-order valence-electron chi connectivity index (χ2n) is 8.37. The van der Waals surface area contributed by atoms with Crippen LogP contribution in [-0.2, 0) is 4.79 Å². The Kier molecular flexibility index (Phi) is 5.49. The lowest BCUT2D eigenvalue weighted by Crippen LogP contribution is -2.56. The number of piperazine rings is 1. The Morgan fingerprint density at radius 1 is 0.923 bits per heavy atom. The molecule has 1 atom stereocenters. The summed E-state index contributed by atoms with van der Waals surface area (Å²) in [5.74, 6) is 0.775. The first-order valence-electron chi connectivity index (χ1n) is 10.6. The van der Waals surface area contributed by atoms with Gasteiger partial charge in [0.2, 0.25) is 5.91 Å². The number of anilines is 1. The lowest BCUT2D eigenvalue weighted by Gasteiger charge is -2.44. The average molecular weight is 356 g/mol. The van der Waals surface area contributed by atoms with Crippen molar-refractivity contribution >= 4 is 11.6 Å². The first-order chi connectivity index (χ1) is 12.7. The maximum absolute atomic E-state index is 12.8. The molecule has 0 bridgehead atoms. The largest absolute Gasteiger partial charge is 0.369 e. The molecule has 0 radical (unpaired) electrons. The molecule has 0 unspecified atom stereocenters. The summed E-state index contributed by atoms with van der Waals surface area (Å²) in [5, 5.41) is 0. The maximum Gasteiger partial charge on any atom is 0.225 e. The minimum Gasteiger partial charge on any atom is -0.369 e. The zero-order valence-corrected chi connectivity index (χ0v) is 16.2. The number of hydrogen-bond donors (Lipinski definition) is 0. The summed E-state index contributed by atoms with van der Waals surface area (Å²) in [6, 6.07) is 9.27. The summed E-state index contributed by atoms with van der Waals surface area (Å²) in [7, 11) is 0. The number of hydrogen-bond acceptors (Lipinski definition) is 3. The van der Waals surface area contributed by atoms with Gasteiger partial charge in [0, 0.05) is 56.9 Å². The third-order valence-corrected chi connectivity index (χ3v) is 6.70. The van der Waals surface area contributed by atoms with Gasteiger partial charge in [0.1, 0.15) is 0 Å². The van der Waals surface area contributed by atoms with E-state index in [4.69, 9.17) is 0 Å². The van der Waals surface area contributed by atoms with Crippen molar-refractivity contribution in [2.45, 2.75) is 51.5 Å². The van der Waals surface area contributed by atoms with Crippen LogP contribution in [0.15, 0.2) is 24.3 Å². The molecule has 1 amide bonds. The highest BCUT2D eigenvalue weighted by Crippen LogP contribution is 2.29. The van der Waals surface area contributed by atoms with Gasteiger partial charge >= 0.3 is 0 Å². The van der Waals surface area contributed by atoms with E-state index in [1.807, 2.05) is 0 Å². The van der Waals surface area contributed by atoms with Crippen LogP contribution in [0.3, 0.4) is 0 Å². The summed E-state index contributed by atoms with van der Waals surface area (Å²) >= 11 is 0. The molecule has 3 fully saturated rings. The lowest BCUT2D eigenvalue weighted by atomic mass is 9.99. The number of nitrogens with zero attached hydrogens (tertiary/aromatic N) is 3. The normalized spacial score (nSPS) is 25.7. The van der Waals surface area contributed by atoms with Gasteiger partial charge in [-0.15, -0.1) is 0 Å². The van der Waals surface area contributed by atoms with E-state index >= 15 is 0 Å². The number of rotatable bonds is 3. The molecule has 3 aliphatic rings. The Balaban J connectivity index is 1.32. The van der Waals surface area contributed by atoms with E-state index in [1.54, 1.807) is 0 Å². The van der Waals surface area contributed by atoms with E-state index in [-0.39, 0.29) is 0 Å². The van der Waals surface area contributed by atoms with Gasteiger partial charge in [0.15, 0.2) is 0 Å². The Labute approximate surface area is 158 Å². The van der Waals surface area contributed by atoms with Crippen LogP contribution >= 0.6 is 0 Å². The monoisotopic (exact) mass is 355 g/mol. The third-order valence-electron chi connectivity index (χ3n) is 6.70. The molecule has 0 spiro atoms. The van der Waals surface area contributed by atoms with Gasteiger partial charge in [-0.25, -0.2) is 0 Å². The molecule has 4 rings (SSSR count). The highest BCUT2D eigenvalue weighted by Gasteiger charge is 2.33. The minimum absolute atomic E-state index is 0.326. The topological polar surface area (TPSA) is 26.8 Å². The average Bonchev–Trinajstić information content (AvgIpc) is 3.23. The van der Waals surface area contributed by atoms with Crippen LogP contribution in [0.2, 0.25) is 0 Å². The molecule has 1 saturated carbocycles. The van der Waals surface area contributed by atoms with Crippen LogP contribution in [0.25, 0.3) is 0 Å². The fourth-order valence-electron chi connectivity index (χ4n) is 5.13. The minimum atomic E-state index is 0.326. The van der Waals surface area contributed by atoms with Gasteiger partial charge in [0.05, 0.1) is 0 Å². The Morgan fingerprint density at radius 2 is 1.65 bits per heavy atom. The second kappa shape index (κ2) is 7.99. The molecule has 4 heteroatoms. The molecule has 2 aliphatic heterocycles. The Bertz CT molecular complexity index is 618. The van der Waals surface area contributed by atoms with Crippen LogP contribution in [-0.4, -0.2) is 61.0 Å². The van der Waals surface area contributed by atoms with Crippen LogP contribution < -0.4 is 4.90 Å². The summed E-state index contributed by atoms with van der Waals surface area (Å²) in [4.78, 5) is 20.2. The fraction of sp³-hybridized carbons (Fsp3) is 0.682. The van der Waals surface area contributed by atoms with Crippen LogP contribution in [0.4, 0.5) is 5.69 Å². The summed E-state index contributed by atoms with van der Waals surface area (Å²) in [6.07, 6.45) is 7.15. The quantitative estimate of drug-likeness (QED) is 0.832. The van der Waals surface area contributed by atoms with Crippen molar-refractivity contribution in [3.8, 4) is 0 Å². The zero-order valence-electron chi connectivity index (χ0n) is 16.2. The van der Waals surface area contributed by atoms with E-state index in [0.29, 0.717) is 17.9 Å². The molecule has 142 valence electrons. The van der Waals surface area contributed by atoms with E-state index in [1.165, 1.54) is 36.9 Å². The van der Waals surface area contributed by atoms with Crippen molar-refractivity contribution < 1.29 is 4.79 Å². The molecule has 2 heterocycles. The number of amides is 1. The van der Waals surface area contributed by atoms with Gasteiger partial charge in [0.25, 0.3) is 0 Å². The maximum atomic E-state index is 12.8. The van der Waals surface area contributed by atoms with Crippen molar-refractivity contribution in [1.29, 1.82) is 0 Å². The first kappa shape index (κ1) is 17.8. The number of likely N-dealkylation sites (tertiary alicyclic amines) is 1. The predicted molar refractivity (Wildman–Crippen MR) is 107 cm³/mol. The van der Waals surface area contributed by atoms with Crippen molar-refractivity contribution in [3.05, 3.63) is 29.8 Å². The molecule has 0 aromatic heterocycles. The molecule has 26 heavy (non-hydrogen) atoms. The number of para-hydroxylation sites is 1. The lowest BCUT2D eigenvalue weighted by molar-refractivity contribution is -0.137. The zero-order chi connectivity index (χ0) is 17.9. The van der Waals surface area contributed by atoms with Crippen LogP contribution in [0, 0.1) is 12.8 Å². The SMILES string of the molecule is Cc1ccccc1N1CCN([C@H]2CCCN(C(=O)C3CCCC3)C2)CC1. The molecule has 0 N–H and O–H groups in total. The van der Waals surface area contributed by atoms with Gasteiger partial charge in [-0.05, 0) is 44.2 Å². The molecule has 4 nitrogen and oxygen atoms in total. The van der Waals surface area contributed by atoms with Crippen molar-refractivity contribution in [3.63, 3.8) is 0 Å². The molecule has 1 aromatic rings. The van der Waals surface area contributed by atoms with Gasteiger partial charge < -0.3 is 9.80 Å². The van der Waals surface area contributed by atoms with Crippen molar-refractivity contribution in [2.75, 3.05) is 44.2 Å². The van der Waals surface area contributed by atoms with Crippen LogP contribution in [0.5, 0.6) is 0 Å². The number of benzene rings is 1. The van der Waals surface area contributed by atoms with Gasteiger partial charge in [-0.2, -0.15) is 0 Å². The number of aryl methyl sites for hydroxylation is 1. The van der Waals surface area contributed by atoms with Crippen molar-refractivity contribution in [1.82, 2.24) is 9.80 Å². The standard InChI is InChI=1S/C22H33N3O/c1-18-7-2-5-11-21(18)24-15-13-23(14-16-24)20-10-6-12-25(17-20)22(26)19-8-3-4-9-19/h2,5,7,11,19-20H,3-4,6,8-10,12-17H2,1H3/t20-/m0/s1. The summed E-state index contributed by atoms with van der Waals surface area (Å²) in [6.45, 7) is 8.56. The highest BCUT2D eigenvalue weighted by molar-refractivity contribution is 5.79. The molecule has 2 saturated heterocycles. The summed E-state index contributed by atoms with van der Waals surface area (Å²) in [5.41, 5.74) is 2.75. The van der Waals surface area contributed by atoms with E-state index in [2.05, 4.69) is 45.9 Å². The molecular weight excluding hydrogens is 322 g/mol. The van der Waals surface area contributed by atoms with Crippen molar-refractivity contribution in [2.24, 2.45) is 5.92 Å². The van der Waals surface area contributed by atoms with E-state index in [0.717, 1.165) is 52.1 Å². The Morgan fingerprint density at radius 3 is 2.38 bits per heavy atom. The smallest absolute Gasteiger partial charge is 0.225 e. The molecule has 1 aromatic carbocycles. The fourth-order valence-corrected chi connectivity index (χ4v) is 5.13. The van der Waals surface area contributed by atoms with E-state index < -0.39 is 0 Å². The Hall–Kier alpha value is -1.55. The van der Waals surface area contributed by atoms with Gasteiger partial charge in [-0.3, -0.25) is 9.69 Å². The predicted octanol–water partition coefficient (Wildman–Crippen LogP) is 3.30. The highest BCUT2D eigenvalue weighted by atomic mass is 16.2. The molecular formula is C22H33N3O. The number of carbonyl (C=O) groups excluding carboxylic acids is 1. The van der Waals surface area contributed by atoms with Crippen LogP contribution in [0.1, 0.15) is 44.1 Å². The second-order valence-corrected chi connectivity index (χ2v) is 8.37. The summed E-state index contributed by atoms with van der Waals surface area (Å²) < 4.78 is 0. The van der Waals surface area contributed by atoms with E-state index in [9.17, 15) is 4.79 Å². The van der Waals surface area contributed by atoms with Gasteiger partial charge in [-0.1, -0.05) is 31.0 Å².